The summed E-state index contributed by atoms with van der Waals surface area (Å²) in [5.74, 6) is 0.587. The highest BCUT2D eigenvalue weighted by Gasteiger charge is 2.17. The van der Waals surface area contributed by atoms with Crippen LogP contribution in [0.25, 0.3) is 0 Å². The third-order valence-electron chi connectivity index (χ3n) is 2.67. The summed E-state index contributed by atoms with van der Waals surface area (Å²) in [6, 6.07) is 4.94. The molecule has 0 unspecified atom stereocenters. The van der Waals surface area contributed by atoms with Crippen LogP contribution in [0, 0.1) is 0 Å². The summed E-state index contributed by atoms with van der Waals surface area (Å²) in [4.78, 5) is 0. The summed E-state index contributed by atoms with van der Waals surface area (Å²) in [5.41, 5.74) is 0. The number of aryl methyl sites for hydroxylation is 1. The average Bonchev–Trinajstić information content (AvgIpc) is 3.06. The van der Waals surface area contributed by atoms with Crippen LogP contribution in [0.3, 0.4) is 0 Å². The monoisotopic (exact) mass is 298 g/mol. The van der Waals surface area contributed by atoms with Crippen LogP contribution in [0.5, 0.6) is 0 Å². The van der Waals surface area contributed by atoms with Crippen LogP contribution in [-0.2, 0) is 23.1 Å². The van der Waals surface area contributed by atoms with Crippen LogP contribution in [0.15, 0.2) is 40.1 Å². The lowest BCUT2D eigenvalue weighted by molar-refractivity contribution is 0.404. The van der Waals surface area contributed by atoms with E-state index in [0.29, 0.717) is 31.8 Å². The Hall–Kier alpha value is -1.64. The predicted molar refractivity (Wildman–Crippen MR) is 73.5 cm³/mol. The molecule has 2 N–H and O–H groups in total. The van der Waals surface area contributed by atoms with E-state index < -0.39 is 10.0 Å². The van der Waals surface area contributed by atoms with Crippen LogP contribution >= 0.6 is 0 Å². The molecule has 2 rings (SSSR count). The molecule has 20 heavy (non-hydrogen) atoms. The van der Waals surface area contributed by atoms with E-state index >= 15 is 0 Å². The zero-order valence-corrected chi connectivity index (χ0v) is 12.1. The lowest BCUT2D eigenvalue weighted by atomic mass is 10.4. The zero-order chi connectivity index (χ0) is 14.4. The highest BCUT2D eigenvalue weighted by molar-refractivity contribution is 7.89. The van der Waals surface area contributed by atoms with Crippen LogP contribution in [0.1, 0.15) is 12.2 Å². The number of sulfonamides is 1. The second kappa shape index (κ2) is 6.69. The topological polar surface area (TPSA) is 89.2 Å². The summed E-state index contributed by atoms with van der Waals surface area (Å²) in [6.45, 7) is 1.50. The molecule has 0 saturated heterocycles. The predicted octanol–water partition coefficient (Wildman–Crippen LogP) is 0.564. The molecule has 0 radical (unpaired) electrons. The van der Waals surface area contributed by atoms with Gasteiger partial charge in [0.05, 0.1) is 6.54 Å². The Bertz CT molecular complexity index is 619. The molecule has 0 amide bonds. The van der Waals surface area contributed by atoms with Crippen molar-refractivity contribution in [1.82, 2.24) is 19.8 Å². The molecule has 0 aromatic carbocycles. The fourth-order valence-electron chi connectivity index (χ4n) is 1.72. The van der Waals surface area contributed by atoms with E-state index in [2.05, 4.69) is 15.1 Å². The second-order valence-electron chi connectivity index (χ2n) is 4.27. The molecule has 7 nitrogen and oxygen atoms in total. The van der Waals surface area contributed by atoms with Crippen molar-refractivity contribution in [1.29, 1.82) is 0 Å². The quantitative estimate of drug-likeness (QED) is 0.695. The van der Waals surface area contributed by atoms with E-state index in [0.717, 1.165) is 0 Å². The van der Waals surface area contributed by atoms with Gasteiger partial charge < -0.3 is 9.73 Å². The largest absolute Gasteiger partial charge is 0.447 e. The fraction of sp³-hybridized carbons (Fsp3) is 0.417. The lowest BCUT2D eigenvalue weighted by Gasteiger charge is -2.04. The summed E-state index contributed by atoms with van der Waals surface area (Å²) < 4.78 is 33.5. The summed E-state index contributed by atoms with van der Waals surface area (Å²) >= 11 is 0. The number of hydrogen-bond donors (Lipinski definition) is 2. The minimum atomic E-state index is -3.57. The van der Waals surface area contributed by atoms with E-state index in [4.69, 9.17) is 4.42 Å². The van der Waals surface area contributed by atoms with Crippen molar-refractivity contribution in [3.8, 4) is 0 Å². The first kappa shape index (κ1) is 14.8. The van der Waals surface area contributed by atoms with Crippen molar-refractivity contribution in [2.45, 2.75) is 24.6 Å². The van der Waals surface area contributed by atoms with Gasteiger partial charge in [-0.3, -0.25) is 4.68 Å². The van der Waals surface area contributed by atoms with Crippen LogP contribution in [-0.4, -0.2) is 31.8 Å². The normalized spacial score (nSPS) is 11.8. The molecule has 2 heterocycles. The molecule has 2 aromatic heterocycles. The van der Waals surface area contributed by atoms with Crippen LogP contribution in [0.4, 0.5) is 0 Å². The van der Waals surface area contributed by atoms with Crippen LogP contribution < -0.4 is 10.0 Å². The van der Waals surface area contributed by atoms with Gasteiger partial charge in [-0.15, -0.1) is 0 Å². The fourth-order valence-corrected chi connectivity index (χ4v) is 2.74. The molecule has 0 spiro atoms. The molecule has 0 aliphatic carbocycles. The number of nitrogens with one attached hydrogen (secondary N) is 2. The molecule has 0 atom stereocenters. The molecule has 0 saturated carbocycles. The maximum absolute atomic E-state index is 12.0. The summed E-state index contributed by atoms with van der Waals surface area (Å²) in [7, 11) is -1.80. The van der Waals surface area contributed by atoms with Gasteiger partial charge in [0.25, 0.3) is 10.0 Å². The minimum absolute atomic E-state index is 0.0539. The Morgan fingerprint density at radius 2 is 2.25 bits per heavy atom. The number of rotatable bonds is 8. The number of nitrogens with zero attached hydrogens (tertiary/aromatic N) is 2. The van der Waals surface area contributed by atoms with Gasteiger partial charge >= 0.3 is 0 Å². The summed E-state index contributed by atoms with van der Waals surface area (Å²) in [5, 5.41) is 6.89. The van der Waals surface area contributed by atoms with Gasteiger partial charge in [0.1, 0.15) is 5.76 Å². The molecule has 0 bridgehead atoms. The molecular formula is C12H18N4O3S. The third kappa shape index (κ3) is 3.92. The summed E-state index contributed by atoms with van der Waals surface area (Å²) in [6.07, 6.45) is 4.19. The van der Waals surface area contributed by atoms with E-state index in [-0.39, 0.29) is 5.09 Å². The van der Waals surface area contributed by atoms with Gasteiger partial charge in [0, 0.05) is 25.5 Å². The van der Waals surface area contributed by atoms with Crippen molar-refractivity contribution < 1.29 is 12.8 Å². The molecule has 0 aliphatic rings. The van der Waals surface area contributed by atoms with Gasteiger partial charge in [-0.25, -0.2) is 13.1 Å². The standard InChI is InChI=1S/C12H18N4O3S/c1-13-10-11-4-5-12(19-11)20(17,18)15-7-3-9-16-8-2-6-14-16/h2,4-6,8,13,15H,3,7,9-10H2,1H3. The van der Waals surface area contributed by atoms with Gasteiger partial charge in [-0.05, 0) is 31.7 Å². The average molecular weight is 298 g/mol. The Morgan fingerprint density at radius 1 is 1.40 bits per heavy atom. The smallest absolute Gasteiger partial charge is 0.273 e. The first-order valence-electron chi connectivity index (χ1n) is 6.32. The minimum Gasteiger partial charge on any atom is -0.447 e. The maximum Gasteiger partial charge on any atom is 0.273 e. The molecule has 2 aromatic rings. The number of aromatic nitrogens is 2. The van der Waals surface area contributed by atoms with E-state index in [9.17, 15) is 8.42 Å². The highest BCUT2D eigenvalue weighted by Crippen LogP contribution is 2.13. The van der Waals surface area contributed by atoms with Crippen molar-refractivity contribution in [3.05, 3.63) is 36.4 Å². The zero-order valence-electron chi connectivity index (χ0n) is 11.2. The van der Waals surface area contributed by atoms with Gasteiger partial charge in [0.2, 0.25) is 5.09 Å². The second-order valence-corrected chi connectivity index (χ2v) is 5.97. The Kier molecular flexibility index (Phi) is 4.94. The van der Waals surface area contributed by atoms with Gasteiger partial charge in [-0.1, -0.05) is 0 Å². The molecule has 8 heteroatoms. The Labute approximate surface area is 118 Å². The molecule has 0 aliphatic heterocycles. The molecule has 110 valence electrons. The molecule has 0 fully saturated rings. The Morgan fingerprint density at radius 3 is 2.95 bits per heavy atom. The van der Waals surface area contributed by atoms with Crippen molar-refractivity contribution in [2.75, 3.05) is 13.6 Å². The highest BCUT2D eigenvalue weighted by atomic mass is 32.2. The van der Waals surface area contributed by atoms with Crippen molar-refractivity contribution >= 4 is 10.0 Å². The van der Waals surface area contributed by atoms with E-state index in [1.54, 1.807) is 24.0 Å². The van der Waals surface area contributed by atoms with Gasteiger partial charge in [-0.2, -0.15) is 5.10 Å². The van der Waals surface area contributed by atoms with Crippen LogP contribution in [0.2, 0.25) is 0 Å². The van der Waals surface area contributed by atoms with Gasteiger partial charge in [0.15, 0.2) is 0 Å². The third-order valence-corrected chi connectivity index (χ3v) is 4.00. The van der Waals surface area contributed by atoms with Crippen molar-refractivity contribution in [3.63, 3.8) is 0 Å². The van der Waals surface area contributed by atoms with E-state index in [1.807, 2.05) is 12.3 Å². The Balaban J connectivity index is 1.83. The van der Waals surface area contributed by atoms with Crippen molar-refractivity contribution in [2.24, 2.45) is 0 Å². The first-order chi connectivity index (χ1) is 9.62. The first-order valence-corrected chi connectivity index (χ1v) is 7.80. The van der Waals surface area contributed by atoms with E-state index in [1.165, 1.54) is 6.07 Å². The SMILES string of the molecule is CNCc1ccc(S(=O)(=O)NCCCn2cccn2)o1. The molecular weight excluding hydrogens is 280 g/mol. The lowest BCUT2D eigenvalue weighted by Crippen LogP contribution is -2.25. The number of hydrogen-bond acceptors (Lipinski definition) is 5. The number of furan rings is 1. The maximum atomic E-state index is 12.0.